The van der Waals surface area contributed by atoms with Gasteiger partial charge >= 0.3 is 0 Å². The smallest absolute Gasteiger partial charge is 0.238 e. The second-order valence-electron chi connectivity index (χ2n) is 23.6. The maximum atomic E-state index is 5.76. The van der Waals surface area contributed by atoms with E-state index in [1.54, 1.807) is 0 Å². The number of fused-ring (bicyclic) bond motifs is 3. The molecule has 13 aromatic carbocycles. The number of rotatable bonds is 12. The summed E-state index contributed by atoms with van der Waals surface area (Å²) in [5.74, 6) is 1.63. The molecule has 6 heteroatoms. The quantitative estimate of drug-likeness (QED) is 0.0904. The Kier molecular flexibility index (Phi) is 12.7. The van der Waals surface area contributed by atoms with Gasteiger partial charge in [-0.2, -0.15) is 9.97 Å². The van der Waals surface area contributed by atoms with E-state index in [9.17, 15) is 0 Å². The molecule has 0 fully saturated rings. The lowest BCUT2D eigenvalue weighted by Gasteiger charge is -2.46. The first kappa shape index (κ1) is 52.4. The van der Waals surface area contributed by atoms with Gasteiger partial charge in [0.05, 0.1) is 11.0 Å². The molecule has 0 spiro atoms. The molecule has 3 aliphatic carbocycles. The van der Waals surface area contributed by atoms with Crippen molar-refractivity contribution >= 4 is 79.4 Å². The van der Waals surface area contributed by atoms with Crippen LogP contribution >= 0.6 is 0 Å². The molecular formula is C83H58N4Si2. The van der Waals surface area contributed by atoms with Crippen LogP contribution in [0.15, 0.2) is 340 Å². The van der Waals surface area contributed by atoms with E-state index >= 15 is 0 Å². The largest absolute Gasteiger partial charge is 0.278 e. The summed E-state index contributed by atoms with van der Waals surface area (Å²) < 4.78 is 2.25. The van der Waals surface area contributed by atoms with Gasteiger partial charge in [-0.25, -0.2) is 4.98 Å². The minimum atomic E-state index is -3.20. The van der Waals surface area contributed by atoms with E-state index in [1.165, 1.54) is 86.0 Å². The summed E-state index contributed by atoms with van der Waals surface area (Å²) >= 11 is 0. The van der Waals surface area contributed by atoms with Gasteiger partial charge in [-0.05, 0) is 98.1 Å². The van der Waals surface area contributed by atoms with Gasteiger partial charge in [-0.3, -0.25) is 4.57 Å². The number of nitrogens with zero attached hydrogens (tertiary/aromatic N) is 4. The van der Waals surface area contributed by atoms with Gasteiger partial charge in [-0.1, -0.05) is 328 Å². The van der Waals surface area contributed by atoms with Crippen molar-refractivity contribution in [2.24, 2.45) is 0 Å². The van der Waals surface area contributed by atoms with Gasteiger partial charge in [0.2, 0.25) is 5.95 Å². The third kappa shape index (κ3) is 8.21. The van der Waals surface area contributed by atoms with Crippen molar-refractivity contribution in [3.05, 3.63) is 373 Å². The van der Waals surface area contributed by atoms with Crippen LogP contribution in [0.25, 0.3) is 61.7 Å². The van der Waals surface area contributed by atoms with Gasteiger partial charge < -0.3 is 0 Å². The molecule has 2 atom stereocenters. The Balaban J connectivity index is 0.916. The Morgan fingerprint density at radius 1 is 0.258 bits per heavy atom. The summed E-state index contributed by atoms with van der Waals surface area (Å²) in [5, 5.41) is 13.0. The fourth-order valence-electron chi connectivity index (χ4n) is 15.5. The van der Waals surface area contributed by atoms with Crippen LogP contribution < -0.4 is 41.5 Å². The summed E-state index contributed by atoms with van der Waals surface area (Å²) in [6.45, 7) is 0. The van der Waals surface area contributed by atoms with E-state index in [2.05, 4.69) is 344 Å². The zero-order valence-electron chi connectivity index (χ0n) is 48.8. The number of hydrogen-bond donors (Lipinski definition) is 0. The van der Waals surface area contributed by atoms with Gasteiger partial charge in [-0.15, -0.1) is 0 Å². The third-order valence-electron chi connectivity index (χ3n) is 19.2. The normalized spacial score (nSPS) is 14.1. The molecule has 89 heavy (non-hydrogen) atoms. The van der Waals surface area contributed by atoms with E-state index in [0.717, 1.165) is 32.9 Å². The molecule has 18 rings (SSSR count). The summed E-state index contributed by atoms with van der Waals surface area (Å²) in [6.07, 6.45) is 0. The van der Waals surface area contributed by atoms with Crippen molar-refractivity contribution in [3.63, 3.8) is 0 Å². The molecule has 0 amide bonds. The molecule has 418 valence electrons. The van der Waals surface area contributed by atoms with Crippen molar-refractivity contribution in [1.29, 1.82) is 0 Å². The molecule has 15 aromatic rings. The van der Waals surface area contributed by atoms with Crippen LogP contribution in [0, 0.1) is 0 Å². The molecule has 4 nitrogen and oxygen atoms in total. The lowest BCUT2D eigenvalue weighted by Crippen LogP contribution is -2.75. The summed E-state index contributed by atoms with van der Waals surface area (Å²) in [7, 11) is -6.04. The Hall–Kier alpha value is -10.9. The monoisotopic (exact) mass is 1170 g/mol. The van der Waals surface area contributed by atoms with Crippen molar-refractivity contribution < 1.29 is 0 Å². The van der Waals surface area contributed by atoms with Gasteiger partial charge in [0.25, 0.3) is 0 Å². The molecule has 3 aliphatic rings. The Labute approximate surface area is 520 Å². The highest BCUT2D eigenvalue weighted by atomic mass is 28.3. The van der Waals surface area contributed by atoms with Crippen LogP contribution in [0.3, 0.4) is 0 Å². The second kappa shape index (κ2) is 21.5. The summed E-state index contributed by atoms with van der Waals surface area (Å²) in [4.78, 5) is 17.1. The van der Waals surface area contributed by atoms with Crippen molar-refractivity contribution in [2.45, 2.75) is 11.8 Å². The molecule has 0 saturated heterocycles. The molecule has 0 N–H and O–H groups in total. The Morgan fingerprint density at radius 3 is 1.22 bits per heavy atom. The van der Waals surface area contributed by atoms with Crippen LogP contribution in [0.1, 0.15) is 45.2 Å². The number of aromatic nitrogens is 4. The fourth-order valence-corrected chi connectivity index (χ4v) is 25.3. The first-order valence-corrected chi connectivity index (χ1v) is 34.8. The zero-order chi connectivity index (χ0) is 58.9. The second-order valence-corrected chi connectivity index (χ2v) is 31.2. The lowest BCUT2D eigenvalue weighted by atomic mass is 9.60. The minimum Gasteiger partial charge on any atom is -0.278 e. The average Bonchev–Trinajstić information content (AvgIpc) is 1.20. The Bertz CT molecular complexity index is 4940. The molecule has 0 aliphatic heterocycles. The molecule has 0 radical (unpaired) electrons. The molecule has 2 aromatic heterocycles. The van der Waals surface area contributed by atoms with Crippen LogP contribution in [-0.2, 0) is 0 Å². The first-order valence-electron chi connectivity index (χ1n) is 30.8. The molecule has 2 bridgehead atoms. The van der Waals surface area contributed by atoms with Gasteiger partial charge in [0.15, 0.2) is 27.8 Å². The minimum absolute atomic E-state index is 0.0380. The summed E-state index contributed by atoms with van der Waals surface area (Å²) in [5.41, 5.74) is 14.4. The van der Waals surface area contributed by atoms with Gasteiger partial charge in [0.1, 0.15) is 0 Å². The topological polar surface area (TPSA) is 43.6 Å². The van der Waals surface area contributed by atoms with Crippen molar-refractivity contribution in [1.82, 2.24) is 19.5 Å². The van der Waals surface area contributed by atoms with E-state index in [0.29, 0.717) is 17.6 Å². The highest BCUT2D eigenvalue weighted by Gasteiger charge is 2.50. The highest BCUT2D eigenvalue weighted by molar-refractivity contribution is 7.20. The van der Waals surface area contributed by atoms with Crippen LogP contribution in [0.5, 0.6) is 0 Å². The molecule has 2 heterocycles. The number of benzene rings is 13. The molecule has 0 saturated carbocycles. The zero-order valence-corrected chi connectivity index (χ0v) is 50.8. The maximum absolute atomic E-state index is 5.76. The number of hydrogen-bond acceptors (Lipinski definition) is 3. The van der Waals surface area contributed by atoms with E-state index in [-0.39, 0.29) is 11.8 Å². The summed E-state index contributed by atoms with van der Waals surface area (Å²) in [6, 6.07) is 126. The van der Waals surface area contributed by atoms with Crippen LogP contribution in [0.2, 0.25) is 0 Å². The number of para-hydroxylation sites is 2. The first-order chi connectivity index (χ1) is 44.2. The van der Waals surface area contributed by atoms with Crippen molar-refractivity contribution in [3.8, 4) is 39.9 Å². The van der Waals surface area contributed by atoms with Crippen molar-refractivity contribution in [2.75, 3.05) is 0 Å². The Morgan fingerprint density at radius 2 is 0.663 bits per heavy atom. The average molecular weight is 1170 g/mol. The van der Waals surface area contributed by atoms with E-state index in [1.807, 2.05) is 0 Å². The standard InChI is InChI=1S/C83H58N4Si2/c1-7-28-57(29-8-1)59-30-25-41-66(56-59)89(63-37-15-5-16-38-63,64-39-17-6-18-40-64)76-51-27-47-72-77-69-44-19-20-45-70(69)80(79(72)76)78-71(77)46-26-48-73(78)82-84-81(85-83(86-82)87-74-49-23-21-42-67(74)68-43-22-24-50-75(68)87)58-52-54-65(55-53-58)88(60-31-9-2-10-32-60,61-33-11-3-12-34-61)62-35-13-4-14-36-62/h1-56,77,80H. The van der Waals surface area contributed by atoms with Crippen LogP contribution in [-0.4, -0.2) is 35.7 Å². The predicted octanol–water partition coefficient (Wildman–Crippen LogP) is 13.7. The third-order valence-corrected chi connectivity index (χ3v) is 28.8. The SMILES string of the molecule is c1ccc(-c2cccc([Si](c3ccccc3)(c3ccccc3)c3cccc4c3C3c5ccccc5C4c4cccc(-c5nc(-c6ccc([Si](c7ccccc7)(c7ccccc7)c7ccccc7)cc6)nc(-n6c7ccccc7c7ccccc76)n5)c43)c2)cc1. The molecule has 2 unspecified atom stereocenters. The maximum Gasteiger partial charge on any atom is 0.238 e. The highest BCUT2D eigenvalue weighted by Crippen LogP contribution is 2.57. The van der Waals surface area contributed by atoms with Crippen LogP contribution in [0.4, 0.5) is 0 Å². The lowest BCUT2D eigenvalue weighted by molar-refractivity contribution is 0.758. The fraction of sp³-hybridized carbons (Fsp3) is 0.0241. The predicted molar refractivity (Wildman–Crippen MR) is 372 cm³/mol. The van der Waals surface area contributed by atoms with E-state index in [4.69, 9.17) is 15.0 Å². The van der Waals surface area contributed by atoms with Gasteiger partial charge in [0, 0.05) is 33.7 Å². The molecular weight excluding hydrogens is 1110 g/mol. The van der Waals surface area contributed by atoms with E-state index < -0.39 is 16.1 Å².